The highest BCUT2D eigenvalue weighted by Gasteiger charge is 2.80. The molecule has 3 heterocycles. The van der Waals surface area contributed by atoms with E-state index in [2.05, 4.69) is 38.8 Å². The lowest BCUT2D eigenvalue weighted by atomic mass is 9.62. The number of likely N-dealkylation sites (N-methyl/N-ethyl adjacent to an activating group) is 1. The monoisotopic (exact) mass is 594 g/mol. The van der Waals surface area contributed by atoms with Crippen LogP contribution in [0.4, 0.5) is 11.4 Å². The summed E-state index contributed by atoms with van der Waals surface area (Å²) >= 11 is 0. The van der Waals surface area contributed by atoms with Gasteiger partial charge >= 0.3 is 0 Å². The van der Waals surface area contributed by atoms with E-state index in [4.69, 9.17) is 4.74 Å². The van der Waals surface area contributed by atoms with Crippen molar-refractivity contribution in [1.82, 2.24) is 9.80 Å². The van der Waals surface area contributed by atoms with Gasteiger partial charge in [0.15, 0.2) is 0 Å². The molecule has 1 spiro atoms. The summed E-state index contributed by atoms with van der Waals surface area (Å²) in [5.74, 6) is -2.06. The molecule has 0 aliphatic carbocycles. The molecule has 0 radical (unpaired) electrons. The van der Waals surface area contributed by atoms with E-state index < -0.39 is 29.1 Å². The van der Waals surface area contributed by atoms with Gasteiger partial charge in [0.25, 0.3) is 5.91 Å². The third-order valence-corrected chi connectivity index (χ3v) is 10.0. The molecule has 1 N–H and O–H groups in total. The second-order valence-electron chi connectivity index (χ2n) is 12.5. The number of hydrogen-bond acceptors (Lipinski definition) is 6. The first kappa shape index (κ1) is 32.7. The molecular formula is C34H50N4O5. The normalized spacial score (nSPS) is 29.0. The molecule has 3 saturated heterocycles. The fraction of sp³-hybridized carbons (Fsp3) is 0.618. The molecule has 2 bridgehead atoms. The molecule has 4 rings (SSSR count). The zero-order chi connectivity index (χ0) is 31.5. The Kier molecular flexibility index (Phi) is 10.1. The van der Waals surface area contributed by atoms with Crippen molar-refractivity contribution in [3.05, 3.63) is 49.6 Å². The topological polar surface area (TPSA) is 93.6 Å². The van der Waals surface area contributed by atoms with E-state index in [1.54, 1.807) is 33.9 Å². The number of benzene rings is 1. The van der Waals surface area contributed by atoms with Crippen molar-refractivity contribution in [2.75, 3.05) is 56.2 Å². The largest absolute Gasteiger partial charge is 0.396 e. The molecule has 3 aliphatic heterocycles. The number of hydrogen-bond donors (Lipinski definition) is 1. The Hall–Kier alpha value is -3.17. The minimum atomic E-state index is -1.12. The molecule has 43 heavy (non-hydrogen) atoms. The highest BCUT2D eigenvalue weighted by atomic mass is 16.5. The van der Waals surface area contributed by atoms with Gasteiger partial charge in [0.05, 0.1) is 17.4 Å². The van der Waals surface area contributed by atoms with Gasteiger partial charge in [-0.2, -0.15) is 0 Å². The van der Waals surface area contributed by atoms with Crippen LogP contribution < -0.4 is 9.80 Å². The van der Waals surface area contributed by atoms with Crippen LogP contribution in [0.1, 0.15) is 53.4 Å². The van der Waals surface area contributed by atoms with E-state index in [9.17, 15) is 19.5 Å². The molecule has 9 heteroatoms. The van der Waals surface area contributed by atoms with Crippen LogP contribution >= 0.6 is 0 Å². The molecule has 0 saturated carbocycles. The quantitative estimate of drug-likeness (QED) is 0.245. The van der Waals surface area contributed by atoms with Crippen LogP contribution in [0.2, 0.25) is 0 Å². The molecule has 3 aliphatic rings. The Bertz CT molecular complexity index is 1200. The number of anilines is 2. The number of aliphatic hydroxyl groups is 1. The number of rotatable bonds is 15. The lowest BCUT2D eigenvalue weighted by Gasteiger charge is -2.38. The Balaban J connectivity index is 1.77. The fourth-order valence-electron chi connectivity index (χ4n) is 7.76. The van der Waals surface area contributed by atoms with Gasteiger partial charge in [-0.05, 0) is 76.6 Å². The van der Waals surface area contributed by atoms with Crippen molar-refractivity contribution < 1.29 is 24.2 Å². The van der Waals surface area contributed by atoms with E-state index >= 15 is 0 Å². The summed E-state index contributed by atoms with van der Waals surface area (Å²) in [5.41, 5.74) is -0.193. The standard InChI is InChI=1S/C34H50N4O5/c1-8-19-35(7)30(40)27-28-31(41)38(21-13-12-14-22-39)29(34(28)23-24(5)33(27,6)43-34)32(42)37(20-9-2)26-17-15-25(16-18-26)36(10-3)11-4/h8-9,15-18,24,27-29,39H,1-2,10-14,19-23H2,3-7H3/t24?,27-,28+,29?,33+,34?/m1/s1. The minimum absolute atomic E-state index is 0.0338. The Morgan fingerprint density at radius 1 is 1.05 bits per heavy atom. The lowest BCUT2D eigenvalue weighted by molar-refractivity contribution is -0.150. The van der Waals surface area contributed by atoms with Crippen LogP contribution in [0.15, 0.2) is 49.6 Å². The number of aliphatic hydroxyl groups excluding tert-OH is 1. The van der Waals surface area contributed by atoms with E-state index in [-0.39, 0.29) is 36.8 Å². The maximum atomic E-state index is 14.8. The summed E-state index contributed by atoms with van der Waals surface area (Å²) in [6.45, 7) is 18.7. The third kappa shape index (κ3) is 5.50. The van der Waals surface area contributed by atoms with Gasteiger partial charge in [0.2, 0.25) is 11.8 Å². The molecular weight excluding hydrogens is 544 g/mol. The summed E-state index contributed by atoms with van der Waals surface area (Å²) in [6.07, 6.45) is 5.86. The lowest BCUT2D eigenvalue weighted by Crippen LogP contribution is -2.57. The van der Waals surface area contributed by atoms with Gasteiger partial charge in [-0.1, -0.05) is 19.1 Å². The molecule has 3 unspecified atom stereocenters. The van der Waals surface area contributed by atoms with Gasteiger partial charge in [-0.15, -0.1) is 13.2 Å². The number of amides is 3. The number of nitrogens with zero attached hydrogens (tertiary/aromatic N) is 4. The average Bonchev–Trinajstić information content (AvgIpc) is 3.50. The summed E-state index contributed by atoms with van der Waals surface area (Å²) in [5, 5.41) is 9.34. The van der Waals surface area contributed by atoms with Crippen LogP contribution in [0, 0.1) is 17.8 Å². The molecule has 1 aromatic rings. The minimum Gasteiger partial charge on any atom is -0.396 e. The van der Waals surface area contributed by atoms with Gasteiger partial charge in [0, 0.05) is 57.8 Å². The zero-order valence-electron chi connectivity index (χ0n) is 26.6. The maximum Gasteiger partial charge on any atom is 0.253 e. The number of ether oxygens (including phenoxy) is 1. The summed E-state index contributed by atoms with van der Waals surface area (Å²) < 4.78 is 6.90. The first-order valence-electron chi connectivity index (χ1n) is 15.8. The predicted octanol–water partition coefficient (Wildman–Crippen LogP) is 3.87. The van der Waals surface area contributed by atoms with Gasteiger partial charge in [0.1, 0.15) is 11.6 Å². The van der Waals surface area contributed by atoms with Crippen LogP contribution in [0.5, 0.6) is 0 Å². The third-order valence-electron chi connectivity index (χ3n) is 10.0. The zero-order valence-corrected chi connectivity index (χ0v) is 26.6. The molecule has 236 valence electrons. The van der Waals surface area contributed by atoms with Crippen molar-refractivity contribution in [2.45, 2.75) is 70.6 Å². The highest BCUT2D eigenvalue weighted by molar-refractivity contribution is 6.05. The molecule has 0 aromatic heterocycles. The number of fused-ring (bicyclic) bond motifs is 1. The van der Waals surface area contributed by atoms with Crippen molar-refractivity contribution in [1.29, 1.82) is 0 Å². The van der Waals surface area contributed by atoms with Crippen molar-refractivity contribution >= 4 is 29.1 Å². The molecule has 3 fully saturated rings. The van der Waals surface area contributed by atoms with E-state index in [1.807, 2.05) is 31.2 Å². The smallest absolute Gasteiger partial charge is 0.253 e. The van der Waals surface area contributed by atoms with Crippen molar-refractivity contribution in [2.24, 2.45) is 17.8 Å². The van der Waals surface area contributed by atoms with Crippen molar-refractivity contribution in [3.8, 4) is 0 Å². The van der Waals surface area contributed by atoms with Gasteiger partial charge in [-0.25, -0.2) is 0 Å². The Morgan fingerprint density at radius 2 is 1.67 bits per heavy atom. The fourth-order valence-corrected chi connectivity index (χ4v) is 7.76. The SMILES string of the molecule is C=CCN(C)C(=O)[C@H]1[C@H]2C(=O)N(CCCCCO)C(C(=O)N(CC=C)c3ccc(N(CC)CC)cc3)C23CC(C)[C@]1(C)O3. The van der Waals surface area contributed by atoms with Gasteiger partial charge in [-0.3, -0.25) is 14.4 Å². The van der Waals surface area contributed by atoms with Crippen LogP contribution in [-0.2, 0) is 19.1 Å². The molecule has 1 aromatic carbocycles. The predicted molar refractivity (Wildman–Crippen MR) is 170 cm³/mol. The first-order chi connectivity index (χ1) is 20.6. The van der Waals surface area contributed by atoms with Crippen LogP contribution in [-0.4, -0.2) is 96.3 Å². The van der Waals surface area contributed by atoms with Gasteiger partial charge < -0.3 is 29.4 Å². The molecule has 9 nitrogen and oxygen atoms in total. The maximum absolute atomic E-state index is 14.8. The number of likely N-dealkylation sites (tertiary alicyclic amines) is 1. The van der Waals surface area contributed by atoms with E-state index in [0.29, 0.717) is 32.4 Å². The van der Waals surface area contributed by atoms with Crippen LogP contribution in [0.25, 0.3) is 0 Å². The Labute approximate surface area is 257 Å². The van der Waals surface area contributed by atoms with E-state index in [0.717, 1.165) is 30.9 Å². The molecule has 6 atom stereocenters. The first-order valence-corrected chi connectivity index (χ1v) is 15.8. The number of carbonyl (C=O) groups is 3. The van der Waals surface area contributed by atoms with Crippen molar-refractivity contribution in [3.63, 3.8) is 0 Å². The van der Waals surface area contributed by atoms with Crippen LogP contribution in [0.3, 0.4) is 0 Å². The second-order valence-corrected chi connectivity index (χ2v) is 12.5. The number of carbonyl (C=O) groups excluding carboxylic acids is 3. The average molecular weight is 595 g/mol. The number of unbranched alkanes of at least 4 members (excludes halogenated alkanes) is 2. The van der Waals surface area contributed by atoms with E-state index in [1.165, 1.54) is 0 Å². The summed E-state index contributed by atoms with van der Waals surface area (Å²) in [6, 6.07) is 7.04. The highest BCUT2D eigenvalue weighted by Crippen LogP contribution is 2.65. The Morgan fingerprint density at radius 3 is 2.26 bits per heavy atom. The summed E-state index contributed by atoms with van der Waals surface area (Å²) in [4.78, 5) is 50.3. The second kappa shape index (κ2) is 13.2. The molecule has 3 amide bonds. The summed E-state index contributed by atoms with van der Waals surface area (Å²) in [7, 11) is 1.72.